The number of hydrogen-bond acceptors (Lipinski definition) is 12. The summed E-state index contributed by atoms with van der Waals surface area (Å²) in [5, 5.41) is 9.47. The molecule has 1 N–H and O–H groups in total. The van der Waals surface area contributed by atoms with Crippen LogP contribution in [0.5, 0.6) is 0 Å². The molecule has 1 atom stereocenters. The Morgan fingerprint density at radius 3 is 1.13 bits per heavy atom. The van der Waals surface area contributed by atoms with E-state index in [9.17, 15) is 29.1 Å². The molecule has 1 rings (SSSR count). The number of unbranched alkanes of at least 4 members (excludes halogenated alkanes) is 16. The van der Waals surface area contributed by atoms with Crippen LogP contribution in [0, 0.1) is 11.8 Å². The molecule has 0 saturated heterocycles. The molecular weight excluding hydrogens is 767 g/mol. The lowest BCUT2D eigenvalue weighted by Gasteiger charge is -2.37. The number of aliphatic hydroxyl groups excluding tert-OH is 1. The van der Waals surface area contributed by atoms with Crippen LogP contribution < -0.4 is 0 Å². The Kier molecular flexibility index (Phi) is 36.1. The Balaban J connectivity index is 2.65. The summed E-state index contributed by atoms with van der Waals surface area (Å²) < 4.78 is 27.9. The van der Waals surface area contributed by atoms with E-state index < -0.39 is 17.9 Å². The number of nitrogens with zero attached hydrogens (tertiary/aromatic N) is 1. The van der Waals surface area contributed by atoms with Crippen LogP contribution in [0.4, 0.5) is 0 Å². The number of carbonyl (C=O) groups is 5. The number of rotatable bonds is 42. The summed E-state index contributed by atoms with van der Waals surface area (Å²) in [4.78, 5) is 65.3. The number of carbonyl (C=O) groups excluding carboxylic acids is 5. The van der Waals surface area contributed by atoms with Crippen molar-refractivity contribution in [1.29, 1.82) is 0 Å². The molecule has 0 heterocycles. The van der Waals surface area contributed by atoms with Crippen molar-refractivity contribution in [2.45, 2.75) is 213 Å². The maximum atomic E-state index is 12.9. The van der Waals surface area contributed by atoms with Gasteiger partial charge >= 0.3 is 29.8 Å². The molecule has 0 radical (unpaired) electrons. The molecule has 0 aromatic rings. The maximum Gasteiger partial charge on any atom is 0.307 e. The average Bonchev–Trinajstić information content (AvgIpc) is 3.21. The van der Waals surface area contributed by atoms with E-state index in [0.29, 0.717) is 51.2 Å². The molecule has 1 fully saturated rings. The van der Waals surface area contributed by atoms with E-state index in [-0.39, 0.29) is 76.3 Å². The van der Waals surface area contributed by atoms with Gasteiger partial charge in [0.25, 0.3) is 0 Å². The molecule has 1 aliphatic rings. The van der Waals surface area contributed by atoms with Crippen molar-refractivity contribution in [3.05, 3.63) is 0 Å². The van der Waals surface area contributed by atoms with Crippen LogP contribution in [0.15, 0.2) is 0 Å². The Morgan fingerprint density at radius 2 is 0.783 bits per heavy atom. The number of aliphatic hydroxyl groups is 1. The Bertz CT molecular complexity index is 1070. The molecule has 0 aromatic carbocycles. The average molecular weight is 854 g/mol. The Morgan fingerprint density at radius 1 is 0.450 bits per heavy atom. The second kappa shape index (κ2) is 39.1. The van der Waals surface area contributed by atoms with Crippen molar-refractivity contribution in [2.24, 2.45) is 11.8 Å². The van der Waals surface area contributed by atoms with Crippen LogP contribution in [-0.4, -0.2) is 98.6 Å². The van der Waals surface area contributed by atoms with Gasteiger partial charge in [0.2, 0.25) is 0 Å². The normalized spacial score (nSPS) is 13.2. The van der Waals surface area contributed by atoms with Crippen molar-refractivity contribution in [3.8, 4) is 0 Å². The van der Waals surface area contributed by atoms with Crippen molar-refractivity contribution in [1.82, 2.24) is 4.90 Å². The predicted octanol–water partition coefficient (Wildman–Crippen LogP) is 9.98. The van der Waals surface area contributed by atoms with Crippen molar-refractivity contribution in [2.75, 3.05) is 52.7 Å². The number of esters is 5. The molecule has 12 nitrogen and oxygen atoms in total. The first-order valence-corrected chi connectivity index (χ1v) is 24.3. The van der Waals surface area contributed by atoms with Gasteiger partial charge in [0, 0.05) is 50.7 Å². The first-order chi connectivity index (χ1) is 29.2. The van der Waals surface area contributed by atoms with Crippen LogP contribution >= 0.6 is 0 Å². The van der Waals surface area contributed by atoms with E-state index in [4.69, 9.17) is 23.7 Å². The first-order valence-electron chi connectivity index (χ1n) is 24.3. The topological polar surface area (TPSA) is 155 Å². The Labute approximate surface area is 364 Å². The van der Waals surface area contributed by atoms with E-state index in [2.05, 4.69) is 25.7 Å². The summed E-state index contributed by atoms with van der Waals surface area (Å²) in [6, 6.07) is 0.387. The summed E-state index contributed by atoms with van der Waals surface area (Å²) in [5.74, 6) is -2.46. The summed E-state index contributed by atoms with van der Waals surface area (Å²) in [6.07, 6.45) is 26.1. The summed E-state index contributed by atoms with van der Waals surface area (Å²) >= 11 is 0. The third-order valence-corrected chi connectivity index (χ3v) is 11.4. The molecule has 1 aliphatic carbocycles. The lowest BCUT2D eigenvalue weighted by atomic mass is 9.91. The maximum absolute atomic E-state index is 12.9. The van der Waals surface area contributed by atoms with Gasteiger partial charge in [0.15, 0.2) is 0 Å². The van der Waals surface area contributed by atoms with Crippen LogP contribution in [0.1, 0.15) is 207 Å². The third kappa shape index (κ3) is 32.0. The Hall–Kier alpha value is -2.73. The van der Waals surface area contributed by atoms with Gasteiger partial charge in [-0.25, -0.2) is 0 Å². The minimum absolute atomic E-state index is 0.0312. The summed E-state index contributed by atoms with van der Waals surface area (Å²) in [5.41, 5.74) is 0. The minimum Gasteiger partial charge on any atom is -0.465 e. The molecule has 0 aromatic heterocycles. The SMILES string of the molecule is CCCCCCCCCCCC(=O)OCC(COC(=O)CCCC(COC(=O)CCCCCCC)COC(=O)CCCCCCC)COC(=O)CCN(CCO)C1CCC1. The van der Waals surface area contributed by atoms with Gasteiger partial charge in [-0.2, -0.15) is 0 Å². The van der Waals surface area contributed by atoms with E-state index in [1.165, 1.54) is 38.5 Å². The molecule has 0 amide bonds. The van der Waals surface area contributed by atoms with E-state index in [1.807, 2.05) is 0 Å². The monoisotopic (exact) mass is 854 g/mol. The highest BCUT2D eigenvalue weighted by Gasteiger charge is 2.25. The molecule has 0 bridgehead atoms. The second-order valence-electron chi connectivity index (χ2n) is 17.0. The fraction of sp³-hybridized carbons (Fsp3) is 0.896. The van der Waals surface area contributed by atoms with Gasteiger partial charge in [-0.1, -0.05) is 130 Å². The molecule has 1 saturated carbocycles. The highest BCUT2D eigenvalue weighted by atomic mass is 16.6. The molecule has 12 heteroatoms. The van der Waals surface area contributed by atoms with E-state index >= 15 is 0 Å². The number of ether oxygens (including phenoxy) is 5. The van der Waals surface area contributed by atoms with Gasteiger partial charge in [-0.3, -0.25) is 28.9 Å². The van der Waals surface area contributed by atoms with Crippen LogP contribution in [0.25, 0.3) is 0 Å². The molecular formula is C48H87NO11. The fourth-order valence-corrected chi connectivity index (χ4v) is 7.23. The minimum atomic E-state index is -0.527. The lowest BCUT2D eigenvalue weighted by molar-refractivity contribution is -0.155. The molecule has 350 valence electrons. The highest BCUT2D eigenvalue weighted by molar-refractivity contribution is 5.71. The quantitative estimate of drug-likeness (QED) is 0.0353. The molecule has 0 aliphatic heterocycles. The van der Waals surface area contributed by atoms with Gasteiger partial charge in [0.05, 0.1) is 32.2 Å². The number of hydrogen-bond donors (Lipinski definition) is 1. The van der Waals surface area contributed by atoms with Gasteiger partial charge < -0.3 is 28.8 Å². The largest absolute Gasteiger partial charge is 0.465 e. The molecule has 0 spiro atoms. The van der Waals surface area contributed by atoms with Crippen molar-refractivity contribution < 1.29 is 52.8 Å². The summed E-state index contributed by atoms with van der Waals surface area (Å²) in [6.45, 7) is 7.61. The van der Waals surface area contributed by atoms with Crippen LogP contribution in [0.3, 0.4) is 0 Å². The van der Waals surface area contributed by atoms with Crippen LogP contribution in [-0.2, 0) is 47.7 Å². The second-order valence-corrected chi connectivity index (χ2v) is 17.0. The third-order valence-electron chi connectivity index (χ3n) is 11.4. The van der Waals surface area contributed by atoms with Gasteiger partial charge in [-0.15, -0.1) is 0 Å². The fourth-order valence-electron chi connectivity index (χ4n) is 7.23. The van der Waals surface area contributed by atoms with Crippen molar-refractivity contribution in [3.63, 3.8) is 0 Å². The van der Waals surface area contributed by atoms with Crippen molar-refractivity contribution >= 4 is 29.8 Å². The van der Waals surface area contributed by atoms with Crippen LogP contribution in [0.2, 0.25) is 0 Å². The lowest BCUT2D eigenvalue weighted by Crippen LogP contribution is -2.43. The standard InChI is InChI=1S/C48H87NO11/c1-4-7-10-13-14-15-16-19-22-30-46(53)58-38-42(40-60-48(55)32-33-49(34-35-50)43-26-24-27-43)39-59-47(54)31-23-25-41(36-56-44(51)28-20-17-11-8-5-2)37-57-45(52)29-21-18-12-9-6-3/h41-43,50H,4-40H2,1-3H3. The highest BCUT2D eigenvalue weighted by Crippen LogP contribution is 2.24. The summed E-state index contributed by atoms with van der Waals surface area (Å²) in [7, 11) is 0. The molecule has 60 heavy (non-hydrogen) atoms. The zero-order valence-electron chi connectivity index (χ0n) is 38.4. The first kappa shape index (κ1) is 55.3. The molecule has 1 unspecified atom stereocenters. The zero-order chi connectivity index (χ0) is 43.9. The smallest absolute Gasteiger partial charge is 0.307 e. The van der Waals surface area contributed by atoms with E-state index in [0.717, 1.165) is 103 Å². The van der Waals surface area contributed by atoms with E-state index in [1.54, 1.807) is 0 Å². The van der Waals surface area contributed by atoms with Gasteiger partial charge in [-0.05, 0) is 44.9 Å². The zero-order valence-corrected chi connectivity index (χ0v) is 38.4. The van der Waals surface area contributed by atoms with Gasteiger partial charge in [0.1, 0.15) is 19.8 Å². The predicted molar refractivity (Wildman–Crippen MR) is 235 cm³/mol.